The van der Waals surface area contributed by atoms with E-state index in [0.717, 1.165) is 5.57 Å². The molecule has 1 nitrogen and oxygen atoms in total. The third kappa shape index (κ3) is 2.22. The van der Waals surface area contributed by atoms with Gasteiger partial charge in [0.1, 0.15) is 5.70 Å². The summed E-state index contributed by atoms with van der Waals surface area (Å²) >= 11 is 4.40. The summed E-state index contributed by atoms with van der Waals surface area (Å²) in [5.41, 5.74) is 3.53. The van der Waals surface area contributed by atoms with Gasteiger partial charge in [0.15, 0.2) is 5.83 Å². The first-order valence-corrected chi connectivity index (χ1v) is 4.33. The van der Waals surface area contributed by atoms with Crippen molar-refractivity contribution in [3.8, 4) is 0 Å². The molecule has 0 aromatic heterocycles. The van der Waals surface area contributed by atoms with E-state index in [4.69, 9.17) is 0 Å². The fourth-order valence-electron chi connectivity index (χ4n) is 0.953. The lowest BCUT2D eigenvalue weighted by Crippen LogP contribution is -2.05. The predicted octanol–water partition coefficient (Wildman–Crippen LogP) is 3.41. The average molecular weight is 195 g/mol. The van der Waals surface area contributed by atoms with Gasteiger partial charge in [0.05, 0.1) is 5.16 Å². The minimum Gasteiger partial charge on any atom is -0.195 e. The molecule has 0 saturated carbocycles. The molecule has 0 aromatic carbocycles. The van der Waals surface area contributed by atoms with Crippen LogP contribution in [0.1, 0.15) is 20.8 Å². The molecule has 0 amide bonds. The SMILES string of the molecule is CC(C)(C)C1=C=C(F)C(N=C=S)=C1. The van der Waals surface area contributed by atoms with Crippen molar-refractivity contribution in [3.63, 3.8) is 0 Å². The maximum atomic E-state index is 13.1. The van der Waals surface area contributed by atoms with Crippen molar-refractivity contribution in [2.24, 2.45) is 10.4 Å². The van der Waals surface area contributed by atoms with Gasteiger partial charge >= 0.3 is 0 Å². The molecule has 0 aromatic rings. The van der Waals surface area contributed by atoms with Crippen LogP contribution in [0.25, 0.3) is 0 Å². The Morgan fingerprint density at radius 3 is 2.54 bits per heavy atom. The second kappa shape index (κ2) is 3.39. The van der Waals surface area contributed by atoms with Crippen LogP contribution in [0, 0.1) is 5.41 Å². The van der Waals surface area contributed by atoms with Gasteiger partial charge in [-0.2, -0.15) is 9.38 Å². The standard InChI is InChI=1S/C10H10FNS/c1-10(2,3)7-4-8(11)9(5-7)12-6-13/h5H,1-3H3. The highest BCUT2D eigenvalue weighted by molar-refractivity contribution is 7.78. The van der Waals surface area contributed by atoms with Crippen LogP contribution in [0.2, 0.25) is 0 Å². The number of thiocarbonyl (C=S) groups is 1. The molecule has 1 rings (SSSR count). The van der Waals surface area contributed by atoms with Crippen molar-refractivity contribution in [3.05, 3.63) is 28.9 Å². The molecular weight excluding hydrogens is 185 g/mol. The van der Waals surface area contributed by atoms with Gasteiger partial charge in [0, 0.05) is 5.57 Å². The Balaban J connectivity index is 3.10. The zero-order valence-corrected chi connectivity index (χ0v) is 8.63. The number of nitrogens with zero attached hydrogens (tertiary/aromatic N) is 1. The van der Waals surface area contributed by atoms with Crippen molar-refractivity contribution in [2.45, 2.75) is 20.8 Å². The van der Waals surface area contributed by atoms with Crippen molar-refractivity contribution in [1.82, 2.24) is 0 Å². The number of isothiocyanates is 1. The molecule has 68 valence electrons. The number of rotatable bonds is 1. The van der Waals surface area contributed by atoms with E-state index >= 15 is 0 Å². The Hall–Kier alpha value is -1.01. The molecule has 1 aliphatic carbocycles. The fraction of sp³-hybridized carbons (Fsp3) is 0.400. The minimum absolute atomic E-state index is 0.115. The van der Waals surface area contributed by atoms with Crippen LogP contribution in [0.4, 0.5) is 4.39 Å². The maximum absolute atomic E-state index is 13.1. The Labute approximate surface area is 82.4 Å². The van der Waals surface area contributed by atoms with E-state index in [1.54, 1.807) is 6.08 Å². The lowest BCUT2D eigenvalue weighted by Gasteiger charge is -2.16. The van der Waals surface area contributed by atoms with E-state index in [2.05, 4.69) is 28.1 Å². The Morgan fingerprint density at radius 1 is 1.54 bits per heavy atom. The molecule has 0 fully saturated rings. The van der Waals surface area contributed by atoms with Crippen LogP contribution in [0.5, 0.6) is 0 Å². The highest BCUT2D eigenvalue weighted by Crippen LogP contribution is 2.32. The summed E-state index contributed by atoms with van der Waals surface area (Å²) in [6, 6.07) is 0. The van der Waals surface area contributed by atoms with Gasteiger partial charge in [-0.25, -0.2) is 0 Å². The molecule has 0 spiro atoms. The van der Waals surface area contributed by atoms with Gasteiger partial charge in [-0.3, -0.25) is 0 Å². The smallest absolute Gasteiger partial charge is 0.192 e. The number of allylic oxidation sites excluding steroid dienone is 2. The fourth-order valence-corrected chi connectivity index (χ4v) is 1.05. The summed E-state index contributed by atoms with van der Waals surface area (Å²) in [4.78, 5) is 3.60. The number of halogens is 1. The second-order valence-electron chi connectivity index (χ2n) is 3.84. The summed E-state index contributed by atoms with van der Waals surface area (Å²) in [7, 11) is 0. The van der Waals surface area contributed by atoms with Crippen molar-refractivity contribution >= 4 is 17.4 Å². The van der Waals surface area contributed by atoms with E-state index < -0.39 is 5.83 Å². The quantitative estimate of drug-likeness (QED) is 0.355. The molecule has 3 heteroatoms. The Morgan fingerprint density at radius 2 is 2.15 bits per heavy atom. The minimum atomic E-state index is -0.456. The first kappa shape index (κ1) is 10.1. The van der Waals surface area contributed by atoms with Crippen LogP contribution < -0.4 is 0 Å². The van der Waals surface area contributed by atoms with Gasteiger partial charge in [-0.05, 0) is 23.7 Å². The van der Waals surface area contributed by atoms with Gasteiger partial charge in [-0.1, -0.05) is 26.5 Å². The summed E-state index contributed by atoms with van der Waals surface area (Å²) in [5, 5.41) is 2.14. The number of hydrogen-bond donors (Lipinski definition) is 0. The van der Waals surface area contributed by atoms with Crippen LogP contribution in [0.15, 0.2) is 33.9 Å². The number of aliphatic imine (C=N–C) groups is 1. The van der Waals surface area contributed by atoms with Crippen molar-refractivity contribution in [1.29, 1.82) is 0 Å². The van der Waals surface area contributed by atoms with Gasteiger partial charge in [0.25, 0.3) is 0 Å². The molecule has 0 unspecified atom stereocenters. The van der Waals surface area contributed by atoms with Crippen molar-refractivity contribution < 1.29 is 4.39 Å². The molecule has 0 radical (unpaired) electrons. The topological polar surface area (TPSA) is 12.4 Å². The molecule has 1 aliphatic rings. The number of hydrogen-bond acceptors (Lipinski definition) is 2. The maximum Gasteiger partial charge on any atom is 0.192 e. The first-order chi connectivity index (χ1) is 5.95. The van der Waals surface area contributed by atoms with Gasteiger partial charge in [-0.15, -0.1) is 0 Å². The third-order valence-electron chi connectivity index (χ3n) is 1.72. The molecule has 0 aliphatic heterocycles. The van der Waals surface area contributed by atoms with E-state index in [0.29, 0.717) is 0 Å². The van der Waals surface area contributed by atoms with E-state index in [-0.39, 0.29) is 11.1 Å². The summed E-state index contributed by atoms with van der Waals surface area (Å²) in [6.45, 7) is 5.97. The van der Waals surface area contributed by atoms with Gasteiger partial charge < -0.3 is 0 Å². The highest BCUT2D eigenvalue weighted by Gasteiger charge is 2.21. The highest BCUT2D eigenvalue weighted by atomic mass is 32.1. The zero-order chi connectivity index (χ0) is 10.1. The molecular formula is C10H10FNS. The Kier molecular flexibility index (Phi) is 2.63. The molecule has 13 heavy (non-hydrogen) atoms. The normalized spacial score (nSPS) is 15.8. The average Bonchev–Trinajstić information content (AvgIpc) is 2.32. The van der Waals surface area contributed by atoms with E-state index in [1.807, 2.05) is 20.8 Å². The van der Waals surface area contributed by atoms with Crippen molar-refractivity contribution in [2.75, 3.05) is 0 Å². The lowest BCUT2D eigenvalue weighted by atomic mass is 9.88. The largest absolute Gasteiger partial charge is 0.195 e. The molecule has 0 saturated heterocycles. The predicted molar refractivity (Wildman–Crippen MR) is 54.2 cm³/mol. The van der Waals surface area contributed by atoms with E-state index in [9.17, 15) is 4.39 Å². The third-order valence-corrected chi connectivity index (χ3v) is 1.82. The Bertz CT molecular complexity index is 372. The lowest BCUT2D eigenvalue weighted by molar-refractivity contribution is 0.518. The van der Waals surface area contributed by atoms with Crippen LogP contribution >= 0.6 is 12.2 Å². The second-order valence-corrected chi connectivity index (χ2v) is 4.02. The summed E-state index contributed by atoms with van der Waals surface area (Å²) in [5.74, 6) is -0.456. The molecule has 0 bridgehead atoms. The monoisotopic (exact) mass is 195 g/mol. The molecule has 0 atom stereocenters. The van der Waals surface area contributed by atoms with Crippen LogP contribution in [-0.4, -0.2) is 5.16 Å². The van der Waals surface area contributed by atoms with E-state index in [1.165, 1.54) is 0 Å². The molecule has 0 N–H and O–H groups in total. The summed E-state index contributed by atoms with van der Waals surface area (Å²) in [6.07, 6.45) is 1.65. The summed E-state index contributed by atoms with van der Waals surface area (Å²) < 4.78 is 13.1. The zero-order valence-electron chi connectivity index (χ0n) is 7.81. The van der Waals surface area contributed by atoms with Gasteiger partial charge in [0.2, 0.25) is 0 Å². The van der Waals surface area contributed by atoms with Crippen LogP contribution in [-0.2, 0) is 0 Å². The van der Waals surface area contributed by atoms with Crippen LogP contribution in [0.3, 0.4) is 0 Å². The first-order valence-electron chi connectivity index (χ1n) is 3.92. The molecule has 0 heterocycles.